The molecular weight excluding hydrogens is 244 g/mol. The van der Waals surface area contributed by atoms with E-state index >= 15 is 0 Å². The summed E-state index contributed by atoms with van der Waals surface area (Å²) in [7, 11) is 3.31. The molecule has 0 bridgehead atoms. The molecule has 0 unspecified atom stereocenters. The average molecular weight is 266 g/mol. The van der Waals surface area contributed by atoms with Crippen LogP contribution < -0.4 is 15.2 Å². The maximum absolute atomic E-state index is 5.97. The second-order valence-corrected chi connectivity index (χ2v) is 4.48. The summed E-state index contributed by atoms with van der Waals surface area (Å²) >= 11 is 0. The highest BCUT2D eigenvalue weighted by Crippen LogP contribution is 2.36. The molecule has 0 saturated carbocycles. The van der Waals surface area contributed by atoms with Crippen molar-refractivity contribution >= 4 is 0 Å². The van der Waals surface area contributed by atoms with Gasteiger partial charge in [-0.25, -0.2) is 0 Å². The van der Waals surface area contributed by atoms with Crippen molar-refractivity contribution in [3.63, 3.8) is 0 Å². The number of para-hydroxylation sites is 1. The van der Waals surface area contributed by atoms with Crippen LogP contribution in [0.5, 0.6) is 11.5 Å². The SMILES string of the molecule is COc1cccc([C@H](CN)N2CCOCC2)c1OC. The van der Waals surface area contributed by atoms with Crippen LogP contribution in [-0.2, 0) is 4.74 Å². The lowest BCUT2D eigenvalue weighted by Crippen LogP contribution is -2.41. The van der Waals surface area contributed by atoms with Crippen LogP contribution in [0.15, 0.2) is 18.2 Å². The molecule has 1 atom stereocenters. The Labute approximate surface area is 114 Å². The summed E-state index contributed by atoms with van der Waals surface area (Å²) < 4.78 is 16.2. The highest BCUT2D eigenvalue weighted by molar-refractivity contribution is 5.48. The Morgan fingerprint density at radius 1 is 1.26 bits per heavy atom. The number of nitrogens with zero attached hydrogens (tertiary/aromatic N) is 1. The number of hydrogen-bond donors (Lipinski definition) is 1. The molecule has 1 aliphatic heterocycles. The predicted octanol–water partition coefficient (Wildman–Crippen LogP) is 1.04. The summed E-state index contributed by atoms with van der Waals surface area (Å²) in [5, 5.41) is 0. The fraction of sp³-hybridized carbons (Fsp3) is 0.571. The van der Waals surface area contributed by atoms with Crippen molar-refractivity contribution < 1.29 is 14.2 Å². The smallest absolute Gasteiger partial charge is 0.165 e. The monoisotopic (exact) mass is 266 g/mol. The normalized spacial score (nSPS) is 18.1. The van der Waals surface area contributed by atoms with Crippen LogP contribution in [0, 0.1) is 0 Å². The van der Waals surface area contributed by atoms with Gasteiger partial charge >= 0.3 is 0 Å². The van der Waals surface area contributed by atoms with Crippen molar-refractivity contribution in [2.75, 3.05) is 47.1 Å². The van der Waals surface area contributed by atoms with E-state index in [1.165, 1.54) is 0 Å². The lowest BCUT2D eigenvalue weighted by Gasteiger charge is -2.34. The van der Waals surface area contributed by atoms with E-state index in [-0.39, 0.29) is 6.04 Å². The fourth-order valence-electron chi connectivity index (χ4n) is 2.54. The third kappa shape index (κ3) is 3.00. The molecule has 0 aromatic heterocycles. The van der Waals surface area contributed by atoms with Gasteiger partial charge in [0, 0.05) is 25.2 Å². The number of benzene rings is 1. The zero-order chi connectivity index (χ0) is 13.7. The van der Waals surface area contributed by atoms with Crippen molar-refractivity contribution in [3.8, 4) is 11.5 Å². The Balaban J connectivity index is 2.31. The maximum Gasteiger partial charge on any atom is 0.165 e. The minimum atomic E-state index is 0.133. The molecule has 5 nitrogen and oxygen atoms in total. The summed E-state index contributed by atoms with van der Waals surface area (Å²) in [5.41, 5.74) is 7.05. The third-order valence-corrected chi connectivity index (χ3v) is 3.50. The van der Waals surface area contributed by atoms with Gasteiger partial charge in [-0.3, -0.25) is 4.90 Å². The van der Waals surface area contributed by atoms with Gasteiger partial charge in [0.1, 0.15) is 0 Å². The standard InChI is InChI=1S/C14H22N2O3/c1-17-13-5-3-4-11(14(13)18-2)12(10-15)16-6-8-19-9-7-16/h3-5,12H,6-10,15H2,1-2H3/t12-/m0/s1. The Hall–Kier alpha value is -1.30. The third-order valence-electron chi connectivity index (χ3n) is 3.50. The summed E-state index contributed by atoms with van der Waals surface area (Å²) in [5.74, 6) is 1.51. The second-order valence-electron chi connectivity index (χ2n) is 4.48. The van der Waals surface area contributed by atoms with Crippen LogP contribution in [0.3, 0.4) is 0 Å². The van der Waals surface area contributed by atoms with Crippen LogP contribution in [0.2, 0.25) is 0 Å². The van der Waals surface area contributed by atoms with E-state index in [1.807, 2.05) is 18.2 Å². The summed E-state index contributed by atoms with van der Waals surface area (Å²) in [6, 6.07) is 6.05. The van der Waals surface area contributed by atoms with E-state index < -0.39 is 0 Å². The molecule has 0 amide bonds. The lowest BCUT2D eigenvalue weighted by molar-refractivity contribution is 0.0174. The molecule has 0 spiro atoms. The van der Waals surface area contributed by atoms with E-state index in [2.05, 4.69) is 4.90 Å². The number of hydrogen-bond acceptors (Lipinski definition) is 5. The Morgan fingerprint density at radius 3 is 2.58 bits per heavy atom. The van der Waals surface area contributed by atoms with Gasteiger partial charge in [0.15, 0.2) is 11.5 Å². The number of morpholine rings is 1. The van der Waals surface area contributed by atoms with Gasteiger partial charge in [-0.2, -0.15) is 0 Å². The van der Waals surface area contributed by atoms with Gasteiger partial charge in [-0.15, -0.1) is 0 Å². The highest BCUT2D eigenvalue weighted by atomic mass is 16.5. The molecule has 0 radical (unpaired) electrons. The number of methoxy groups -OCH3 is 2. The quantitative estimate of drug-likeness (QED) is 0.863. The molecule has 19 heavy (non-hydrogen) atoms. The first kappa shape index (κ1) is 14.1. The zero-order valence-corrected chi connectivity index (χ0v) is 11.6. The average Bonchev–Trinajstić information content (AvgIpc) is 2.48. The van der Waals surface area contributed by atoms with Crippen LogP contribution >= 0.6 is 0 Å². The molecule has 1 fully saturated rings. The predicted molar refractivity (Wildman–Crippen MR) is 73.7 cm³/mol. The van der Waals surface area contributed by atoms with Gasteiger partial charge in [0.05, 0.1) is 33.5 Å². The molecule has 0 aliphatic carbocycles. The van der Waals surface area contributed by atoms with Crippen molar-refractivity contribution in [1.82, 2.24) is 4.90 Å². The van der Waals surface area contributed by atoms with Crippen LogP contribution in [0.4, 0.5) is 0 Å². The Bertz CT molecular complexity index is 406. The highest BCUT2D eigenvalue weighted by Gasteiger charge is 2.25. The molecule has 2 rings (SSSR count). The van der Waals surface area contributed by atoms with Crippen LogP contribution in [0.25, 0.3) is 0 Å². The van der Waals surface area contributed by atoms with Crippen LogP contribution in [0.1, 0.15) is 11.6 Å². The van der Waals surface area contributed by atoms with Gasteiger partial charge in [0.25, 0.3) is 0 Å². The fourth-order valence-corrected chi connectivity index (χ4v) is 2.54. The first-order valence-corrected chi connectivity index (χ1v) is 6.54. The Morgan fingerprint density at radius 2 is 2.00 bits per heavy atom. The summed E-state index contributed by atoms with van der Waals surface area (Å²) in [6.45, 7) is 3.83. The van der Waals surface area contributed by atoms with Crippen molar-refractivity contribution in [1.29, 1.82) is 0 Å². The number of ether oxygens (including phenoxy) is 3. The number of nitrogens with two attached hydrogens (primary N) is 1. The largest absolute Gasteiger partial charge is 0.493 e. The van der Waals surface area contributed by atoms with E-state index in [1.54, 1.807) is 14.2 Å². The van der Waals surface area contributed by atoms with Gasteiger partial charge < -0.3 is 19.9 Å². The molecule has 1 aliphatic rings. The Kier molecular flexibility index (Phi) is 5.01. The van der Waals surface area contributed by atoms with Crippen molar-refractivity contribution in [2.24, 2.45) is 5.73 Å². The van der Waals surface area contributed by atoms with Gasteiger partial charge in [-0.1, -0.05) is 12.1 Å². The van der Waals surface area contributed by atoms with E-state index in [0.29, 0.717) is 6.54 Å². The minimum absolute atomic E-state index is 0.133. The summed E-state index contributed by atoms with van der Waals surface area (Å²) in [4.78, 5) is 2.33. The lowest BCUT2D eigenvalue weighted by atomic mass is 10.0. The zero-order valence-electron chi connectivity index (χ0n) is 11.6. The van der Waals surface area contributed by atoms with E-state index in [0.717, 1.165) is 43.4 Å². The molecular formula is C14H22N2O3. The maximum atomic E-state index is 5.97. The second kappa shape index (κ2) is 6.75. The molecule has 1 saturated heterocycles. The molecule has 1 heterocycles. The van der Waals surface area contributed by atoms with Crippen molar-refractivity contribution in [3.05, 3.63) is 23.8 Å². The molecule has 5 heteroatoms. The van der Waals surface area contributed by atoms with E-state index in [4.69, 9.17) is 19.9 Å². The molecule has 1 aromatic carbocycles. The minimum Gasteiger partial charge on any atom is -0.493 e. The van der Waals surface area contributed by atoms with Gasteiger partial charge in [-0.05, 0) is 6.07 Å². The topological polar surface area (TPSA) is 57.0 Å². The first-order valence-electron chi connectivity index (χ1n) is 6.54. The summed E-state index contributed by atoms with van der Waals surface area (Å²) in [6.07, 6.45) is 0. The molecule has 1 aromatic rings. The number of rotatable bonds is 5. The van der Waals surface area contributed by atoms with Crippen molar-refractivity contribution in [2.45, 2.75) is 6.04 Å². The molecule has 106 valence electrons. The van der Waals surface area contributed by atoms with E-state index in [9.17, 15) is 0 Å². The van der Waals surface area contributed by atoms with Gasteiger partial charge in [0.2, 0.25) is 0 Å². The molecule has 2 N–H and O–H groups in total. The van der Waals surface area contributed by atoms with Crippen LogP contribution in [-0.4, -0.2) is 52.0 Å². The first-order chi connectivity index (χ1) is 9.31.